The van der Waals surface area contributed by atoms with E-state index in [0.717, 1.165) is 23.4 Å². The summed E-state index contributed by atoms with van der Waals surface area (Å²) in [6, 6.07) is -0.169. The van der Waals surface area contributed by atoms with Gasteiger partial charge in [-0.1, -0.05) is 6.42 Å². The van der Waals surface area contributed by atoms with Crippen LogP contribution in [0.1, 0.15) is 29.8 Å². The van der Waals surface area contributed by atoms with Gasteiger partial charge >= 0.3 is 12.0 Å². The van der Waals surface area contributed by atoms with Crippen LogP contribution in [0.25, 0.3) is 0 Å². The van der Waals surface area contributed by atoms with Gasteiger partial charge in [0.2, 0.25) is 0 Å². The van der Waals surface area contributed by atoms with Crippen LogP contribution in [0.5, 0.6) is 0 Å². The zero-order valence-corrected chi connectivity index (χ0v) is 12.8. The quantitative estimate of drug-likeness (QED) is 0.892. The second kappa shape index (κ2) is 5.29. The third-order valence-corrected chi connectivity index (χ3v) is 5.76. The lowest BCUT2D eigenvalue weighted by Gasteiger charge is -2.23. The average Bonchev–Trinajstić information content (AvgIpc) is 3.09. The molecule has 0 bridgehead atoms. The topological polar surface area (TPSA) is 82.5 Å². The van der Waals surface area contributed by atoms with Crippen molar-refractivity contribution in [2.75, 3.05) is 13.1 Å². The van der Waals surface area contributed by atoms with Crippen molar-refractivity contribution in [1.29, 1.82) is 0 Å². The minimum atomic E-state index is -0.751. The van der Waals surface area contributed by atoms with Crippen molar-refractivity contribution in [3.05, 3.63) is 16.1 Å². The van der Waals surface area contributed by atoms with Gasteiger partial charge < -0.3 is 15.3 Å². The molecule has 0 spiro atoms. The summed E-state index contributed by atoms with van der Waals surface area (Å²) in [4.78, 5) is 30.7. The monoisotopic (exact) mass is 309 g/mol. The van der Waals surface area contributed by atoms with Gasteiger partial charge in [0.15, 0.2) is 0 Å². The van der Waals surface area contributed by atoms with Crippen molar-refractivity contribution >= 4 is 23.3 Å². The third-order valence-electron chi connectivity index (χ3n) is 4.83. The summed E-state index contributed by atoms with van der Waals surface area (Å²) in [5.41, 5.74) is 1.98. The maximum Gasteiger partial charge on any atom is 0.317 e. The third kappa shape index (κ3) is 2.39. The van der Waals surface area contributed by atoms with Gasteiger partial charge in [-0.2, -0.15) is 0 Å². The second-order valence-corrected chi connectivity index (χ2v) is 6.89. The lowest BCUT2D eigenvalue weighted by molar-refractivity contribution is -0.149. The zero-order valence-electron chi connectivity index (χ0n) is 12.0. The van der Waals surface area contributed by atoms with Gasteiger partial charge in [-0.15, -0.1) is 11.3 Å². The summed E-state index contributed by atoms with van der Waals surface area (Å²) in [5.74, 6) is -0.649. The van der Waals surface area contributed by atoms with E-state index in [0.29, 0.717) is 26.1 Å². The summed E-state index contributed by atoms with van der Waals surface area (Å²) in [6.07, 6.45) is 2.54. The molecule has 1 aromatic rings. The molecule has 2 heterocycles. The molecule has 1 saturated carbocycles. The normalized spacial score (nSPS) is 27.7. The smallest absolute Gasteiger partial charge is 0.317 e. The van der Waals surface area contributed by atoms with Gasteiger partial charge in [-0.25, -0.2) is 9.78 Å². The Morgan fingerprint density at radius 3 is 3.05 bits per heavy atom. The molecule has 0 unspecified atom stereocenters. The van der Waals surface area contributed by atoms with E-state index in [-0.39, 0.29) is 11.9 Å². The molecule has 2 atom stereocenters. The molecule has 1 aliphatic heterocycles. The van der Waals surface area contributed by atoms with Crippen molar-refractivity contribution in [3.8, 4) is 0 Å². The van der Waals surface area contributed by atoms with Crippen molar-refractivity contribution in [2.45, 2.75) is 32.7 Å². The molecule has 3 rings (SSSR count). The van der Waals surface area contributed by atoms with Crippen LogP contribution >= 0.6 is 11.3 Å². The molecule has 1 aliphatic carbocycles. The number of urea groups is 1. The number of carbonyl (C=O) groups is 2. The fourth-order valence-electron chi connectivity index (χ4n) is 3.56. The van der Waals surface area contributed by atoms with E-state index < -0.39 is 11.4 Å². The number of thiazole rings is 1. The fraction of sp³-hybridized carbons (Fsp3) is 0.643. The molecule has 21 heavy (non-hydrogen) atoms. The van der Waals surface area contributed by atoms with Crippen LogP contribution < -0.4 is 5.32 Å². The second-order valence-electron chi connectivity index (χ2n) is 5.95. The Morgan fingerprint density at radius 1 is 1.62 bits per heavy atom. The first-order valence-corrected chi connectivity index (χ1v) is 8.06. The van der Waals surface area contributed by atoms with Crippen molar-refractivity contribution < 1.29 is 14.7 Å². The molecule has 2 aliphatic rings. The van der Waals surface area contributed by atoms with Crippen LogP contribution in [0.3, 0.4) is 0 Å². The number of hydrogen-bond donors (Lipinski definition) is 2. The number of carbonyl (C=O) groups excluding carboxylic acids is 1. The Balaban J connectivity index is 1.62. The van der Waals surface area contributed by atoms with Crippen molar-refractivity contribution in [2.24, 2.45) is 11.3 Å². The van der Waals surface area contributed by atoms with E-state index >= 15 is 0 Å². The maximum absolute atomic E-state index is 12.3. The number of carboxylic acid groups (broad SMARTS) is 1. The van der Waals surface area contributed by atoms with Crippen molar-refractivity contribution in [1.82, 2.24) is 15.2 Å². The highest BCUT2D eigenvalue weighted by Gasteiger charge is 2.55. The van der Waals surface area contributed by atoms with E-state index in [4.69, 9.17) is 0 Å². The summed E-state index contributed by atoms with van der Waals surface area (Å²) in [6.45, 7) is 3.26. The Bertz CT molecular complexity index is 574. The standard InChI is InChI=1S/C14H19N3O3S/c1-9-11(21-8-16-9)5-15-13(20)17-6-10-3-2-4-14(10,7-17)12(18)19/h8,10H,2-7H2,1H3,(H,15,20)(H,18,19)/t10-,14+/m0/s1. The number of rotatable bonds is 3. The molecular weight excluding hydrogens is 290 g/mol. The number of fused-ring (bicyclic) bond motifs is 1. The molecule has 0 radical (unpaired) electrons. The van der Waals surface area contributed by atoms with Gasteiger partial charge in [-0.05, 0) is 25.7 Å². The van der Waals surface area contributed by atoms with E-state index in [1.807, 2.05) is 6.92 Å². The van der Waals surface area contributed by atoms with E-state index in [1.165, 1.54) is 11.3 Å². The lowest BCUT2D eigenvalue weighted by Crippen LogP contribution is -2.41. The first kappa shape index (κ1) is 14.3. The van der Waals surface area contributed by atoms with Crippen LogP contribution in [0.15, 0.2) is 5.51 Å². The molecule has 6 nitrogen and oxygen atoms in total. The number of hydrogen-bond acceptors (Lipinski definition) is 4. The highest BCUT2D eigenvalue weighted by Crippen LogP contribution is 2.48. The van der Waals surface area contributed by atoms with Crippen LogP contribution in [0.4, 0.5) is 4.79 Å². The Labute approximate surface area is 127 Å². The molecule has 0 aromatic carbocycles. The number of amides is 2. The largest absolute Gasteiger partial charge is 0.481 e. The highest BCUT2D eigenvalue weighted by atomic mass is 32.1. The van der Waals surface area contributed by atoms with Gasteiger partial charge in [0.1, 0.15) is 0 Å². The molecule has 1 saturated heterocycles. The SMILES string of the molecule is Cc1ncsc1CNC(=O)N1C[C@@H]2CCC[C@@]2(C(=O)O)C1. The molecule has 1 aromatic heterocycles. The minimum Gasteiger partial charge on any atom is -0.481 e. The van der Waals surface area contributed by atoms with Gasteiger partial charge in [0, 0.05) is 18.0 Å². The molecule has 2 N–H and O–H groups in total. The van der Waals surface area contributed by atoms with Crippen LogP contribution in [0.2, 0.25) is 0 Å². The van der Waals surface area contributed by atoms with E-state index in [2.05, 4.69) is 10.3 Å². The molecule has 7 heteroatoms. The highest BCUT2D eigenvalue weighted by molar-refractivity contribution is 7.09. The van der Waals surface area contributed by atoms with Gasteiger partial charge in [0.25, 0.3) is 0 Å². The number of nitrogens with zero attached hydrogens (tertiary/aromatic N) is 2. The first-order chi connectivity index (χ1) is 10.0. The molecular formula is C14H19N3O3S. The zero-order chi connectivity index (χ0) is 15.0. The maximum atomic E-state index is 12.3. The van der Waals surface area contributed by atoms with Gasteiger partial charge in [0.05, 0.1) is 23.2 Å². The lowest BCUT2D eigenvalue weighted by atomic mass is 9.81. The summed E-state index contributed by atoms with van der Waals surface area (Å²) in [5, 5.41) is 12.4. The van der Waals surface area contributed by atoms with Crippen LogP contribution in [-0.4, -0.2) is 40.1 Å². The average molecular weight is 309 g/mol. The Hall–Kier alpha value is -1.63. The molecule has 2 fully saturated rings. The van der Waals surface area contributed by atoms with E-state index in [1.54, 1.807) is 10.4 Å². The number of carboxylic acids is 1. The van der Waals surface area contributed by atoms with Crippen molar-refractivity contribution in [3.63, 3.8) is 0 Å². The predicted molar refractivity (Wildman–Crippen MR) is 78.1 cm³/mol. The number of likely N-dealkylation sites (tertiary alicyclic amines) is 1. The summed E-state index contributed by atoms with van der Waals surface area (Å²) >= 11 is 1.52. The molecule has 2 amide bonds. The van der Waals surface area contributed by atoms with Gasteiger partial charge in [-0.3, -0.25) is 4.79 Å². The number of aromatic nitrogens is 1. The van der Waals surface area contributed by atoms with Crippen LogP contribution in [-0.2, 0) is 11.3 Å². The number of aliphatic carboxylic acids is 1. The Kier molecular flexibility index (Phi) is 3.61. The fourth-order valence-corrected chi connectivity index (χ4v) is 4.27. The minimum absolute atomic E-state index is 0.103. The summed E-state index contributed by atoms with van der Waals surface area (Å²) in [7, 11) is 0. The number of aryl methyl sites for hydroxylation is 1. The van der Waals surface area contributed by atoms with E-state index in [9.17, 15) is 14.7 Å². The number of nitrogens with one attached hydrogen (secondary N) is 1. The van der Waals surface area contributed by atoms with Crippen LogP contribution in [0, 0.1) is 18.3 Å². The Morgan fingerprint density at radius 2 is 2.43 bits per heavy atom. The molecule has 114 valence electrons. The first-order valence-electron chi connectivity index (χ1n) is 7.18. The summed E-state index contributed by atoms with van der Waals surface area (Å²) < 4.78 is 0. The predicted octanol–water partition coefficient (Wildman–Crippen LogP) is 1.85.